The number of hydrogen-bond donors (Lipinski definition) is 2. The zero-order valence-electron chi connectivity index (χ0n) is 15.2. The molecule has 6 nitrogen and oxygen atoms in total. The summed E-state index contributed by atoms with van der Waals surface area (Å²) >= 11 is 0. The third-order valence-corrected chi connectivity index (χ3v) is 4.91. The third-order valence-electron chi connectivity index (χ3n) is 4.91. The fraction of sp³-hybridized carbons (Fsp3) is 0.136. The first-order chi connectivity index (χ1) is 13.6. The van der Waals surface area contributed by atoms with Gasteiger partial charge in [0.05, 0.1) is 23.4 Å². The molecule has 3 aromatic rings. The van der Waals surface area contributed by atoms with Crippen LogP contribution in [0.1, 0.15) is 40.5 Å². The van der Waals surface area contributed by atoms with Gasteiger partial charge in [-0.1, -0.05) is 12.6 Å². The number of nitrogens with zero attached hydrogens (tertiary/aromatic N) is 2. The van der Waals surface area contributed by atoms with Gasteiger partial charge in [-0.3, -0.25) is 5.41 Å². The summed E-state index contributed by atoms with van der Waals surface area (Å²) in [6.45, 7) is 4.18. The molecule has 2 aromatic carbocycles. The summed E-state index contributed by atoms with van der Waals surface area (Å²) in [5.41, 5.74) is 11.4. The lowest BCUT2D eigenvalue weighted by atomic mass is 9.85. The maximum Gasteiger partial charge on any atom is 0.250 e. The van der Waals surface area contributed by atoms with Gasteiger partial charge in [-0.25, -0.2) is 4.98 Å². The van der Waals surface area contributed by atoms with Crippen LogP contribution >= 0.6 is 0 Å². The van der Waals surface area contributed by atoms with Crippen molar-refractivity contribution in [2.45, 2.75) is 18.9 Å². The molecule has 0 amide bonds. The number of anilines is 1. The molecule has 0 unspecified atom stereocenters. The highest BCUT2D eigenvalue weighted by Crippen LogP contribution is 2.37. The fourth-order valence-electron chi connectivity index (χ4n) is 3.40. The van der Waals surface area contributed by atoms with Crippen LogP contribution in [0.3, 0.4) is 0 Å². The van der Waals surface area contributed by atoms with E-state index in [1.54, 1.807) is 24.3 Å². The van der Waals surface area contributed by atoms with Crippen molar-refractivity contribution in [1.29, 1.82) is 5.26 Å². The van der Waals surface area contributed by atoms with Crippen molar-refractivity contribution in [3.05, 3.63) is 89.2 Å². The zero-order chi connectivity index (χ0) is 19.7. The fourth-order valence-corrected chi connectivity index (χ4v) is 3.40. The largest absolute Gasteiger partial charge is 0.481 e. The van der Waals surface area contributed by atoms with E-state index in [0.29, 0.717) is 34.0 Å². The molecule has 0 fully saturated rings. The van der Waals surface area contributed by atoms with Crippen molar-refractivity contribution >= 4 is 11.4 Å². The van der Waals surface area contributed by atoms with Gasteiger partial charge in [0.1, 0.15) is 11.9 Å². The van der Waals surface area contributed by atoms with Crippen LogP contribution in [0.5, 0.6) is 5.75 Å². The lowest BCUT2D eigenvalue weighted by Gasteiger charge is -2.28. The highest BCUT2D eigenvalue weighted by Gasteiger charge is 2.26. The van der Waals surface area contributed by atoms with E-state index >= 15 is 0 Å². The minimum atomic E-state index is -0.292. The number of nitrogen functional groups attached to an aromatic ring is 1. The van der Waals surface area contributed by atoms with Crippen molar-refractivity contribution in [3.63, 3.8) is 0 Å². The molecular formula is C22H19N4O2+. The number of ether oxygens (including phenoxy) is 1. The number of aryl methyl sites for hydroxylation is 1. The second kappa shape index (κ2) is 7.05. The van der Waals surface area contributed by atoms with Gasteiger partial charge in [-0.15, -0.1) is 0 Å². The number of oxazole rings is 1. The van der Waals surface area contributed by atoms with Crippen molar-refractivity contribution in [1.82, 2.24) is 4.98 Å². The smallest absolute Gasteiger partial charge is 0.250 e. The number of nitriles is 1. The average molecular weight is 371 g/mol. The minimum Gasteiger partial charge on any atom is -0.481 e. The first-order valence-electron chi connectivity index (χ1n) is 8.85. The lowest BCUT2D eigenvalue weighted by Crippen LogP contribution is -2.41. The van der Waals surface area contributed by atoms with E-state index in [1.807, 2.05) is 12.1 Å². The molecule has 0 saturated carbocycles. The second-order valence-electron chi connectivity index (χ2n) is 6.71. The van der Waals surface area contributed by atoms with Crippen LogP contribution in [-0.2, 0) is 6.42 Å². The molecule has 6 heteroatoms. The number of hydrogen-bond acceptors (Lipinski definition) is 5. The third kappa shape index (κ3) is 3.14. The van der Waals surface area contributed by atoms with Gasteiger partial charge in [0.15, 0.2) is 6.39 Å². The Morgan fingerprint density at radius 3 is 2.89 bits per heavy atom. The molecule has 4 rings (SSSR count). The molecule has 4 N–H and O–H groups in total. The van der Waals surface area contributed by atoms with Gasteiger partial charge in [-0.2, -0.15) is 5.26 Å². The maximum absolute atomic E-state index is 9.14. The van der Waals surface area contributed by atoms with E-state index in [4.69, 9.17) is 25.6 Å². The van der Waals surface area contributed by atoms with Gasteiger partial charge in [0.25, 0.3) is 5.71 Å². The van der Waals surface area contributed by atoms with E-state index in [-0.39, 0.29) is 6.10 Å². The van der Waals surface area contributed by atoms with Crippen LogP contribution in [0.4, 0.5) is 5.69 Å². The number of nitrogens with two attached hydrogens (primary N) is 2. The summed E-state index contributed by atoms with van der Waals surface area (Å²) in [5, 5.41) is 15.3. The van der Waals surface area contributed by atoms with E-state index in [2.05, 4.69) is 17.6 Å². The SMILES string of the molecule is C=C1CCc2cc(C#N)ccc2[C@@H]1Oc1ccc(N)c(C(=[NH2+])c2cnco2)c1. The number of benzene rings is 2. The molecular weight excluding hydrogens is 352 g/mol. The van der Waals surface area contributed by atoms with Crippen molar-refractivity contribution in [2.75, 3.05) is 5.73 Å². The molecule has 1 aromatic heterocycles. The van der Waals surface area contributed by atoms with Crippen molar-refractivity contribution in [2.24, 2.45) is 0 Å². The molecule has 0 aliphatic heterocycles. The topological polar surface area (TPSA) is 111 Å². The predicted molar refractivity (Wildman–Crippen MR) is 104 cm³/mol. The minimum absolute atomic E-state index is 0.292. The van der Waals surface area contributed by atoms with Gasteiger partial charge in [0.2, 0.25) is 5.76 Å². The molecule has 28 heavy (non-hydrogen) atoms. The summed E-state index contributed by atoms with van der Waals surface area (Å²) in [5.74, 6) is 1.07. The Kier molecular flexibility index (Phi) is 4.42. The lowest BCUT2D eigenvalue weighted by molar-refractivity contribution is -0.112. The number of aromatic nitrogens is 1. The molecule has 1 heterocycles. The Morgan fingerprint density at radius 1 is 1.29 bits per heavy atom. The molecule has 138 valence electrons. The summed E-state index contributed by atoms with van der Waals surface area (Å²) < 4.78 is 11.5. The van der Waals surface area contributed by atoms with Gasteiger partial charge in [0, 0.05) is 5.69 Å². The number of rotatable bonds is 4. The highest BCUT2D eigenvalue weighted by atomic mass is 16.5. The molecule has 0 spiro atoms. The molecule has 1 atom stereocenters. The van der Waals surface area contributed by atoms with Crippen LogP contribution in [0.2, 0.25) is 0 Å². The second-order valence-corrected chi connectivity index (χ2v) is 6.71. The van der Waals surface area contributed by atoms with Crippen LogP contribution in [0.25, 0.3) is 0 Å². The van der Waals surface area contributed by atoms with Crippen LogP contribution < -0.4 is 15.9 Å². The highest BCUT2D eigenvalue weighted by molar-refractivity contribution is 6.10. The molecule has 0 saturated heterocycles. The zero-order valence-corrected chi connectivity index (χ0v) is 15.2. The maximum atomic E-state index is 9.14. The standard InChI is InChI=1S/C22H18N4O2/c1-13-2-4-15-8-14(10-23)3-6-17(15)22(13)28-16-5-7-19(24)18(9-16)21(25)20-11-26-12-27-20/h3,5-9,11-12,22,25H,1-2,4,24H2/p+1/t22-/m1/s1. The summed E-state index contributed by atoms with van der Waals surface area (Å²) in [4.78, 5) is 3.89. The predicted octanol–water partition coefficient (Wildman–Crippen LogP) is 2.35. The van der Waals surface area contributed by atoms with E-state index in [9.17, 15) is 0 Å². The van der Waals surface area contributed by atoms with Crippen molar-refractivity contribution in [3.8, 4) is 11.8 Å². The van der Waals surface area contributed by atoms with Crippen molar-refractivity contribution < 1.29 is 14.6 Å². The normalized spacial score (nSPS) is 15.5. The molecule has 1 aliphatic rings. The first-order valence-corrected chi connectivity index (χ1v) is 8.85. The van der Waals surface area contributed by atoms with E-state index in [0.717, 1.165) is 29.5 Å². The summed E-state index contributed by atoms with van der Waals surface area (Å²) in [7, 11) is 0. The van der Waals surface area contributed by atoms with Gasteiger partial charge >= 0.3 is 0 Å². The Labute approximate surface area is 162 Å². The average Bonchev–Trinajstić information content (AvgIpc) is 3.25. The molecule has 0 radical (unpaired) electrons. The van der Waals surface area contributed by atoms with E-state index in [1.165, 1.54) is 12.6 Å². The molecule has 1 aliphatic carbocycles. The van der Waals surface area contributed by atoms with Crippen LogP contribution in [0, 0.1) is 11.3 Å². The number of fused-ring (bicyclic) bond motifs is 1. The molecule has 0 bridgehead atoms. The van der Waals surface area contributed by atoms with Crippen LogP contribution in [-0.4, -0.2) is 10.7 Å². The quantitative estimate of drug-likeness (QED) is 0.415. The first kappa shape index (κ1) is 17.6. The van der Waals surface area contributed by atoms with Crippen LogP contribution in [0.15, 0.2) is 65.6 Å². The van der Waals surface area contributed by atoms with Gasteiger partial charge in [-0.05, 0) is 59.9 Å². The Morgan fingerprint density at radius 2 is 2.14 bits per heavy atom. The monoisotopic (exact) mass is 371 g/mol. The Balaban J connectivity index is 1.67. The Hall–Kier alpha value is -3.85. The Bertz CT molecular complexity index is 1110. The summed E-state index contributed by atoms with van der Waals surface area (Å²) in [6.07, 6.45) is 4.22. The summed E-state index contributed by atoms with van der Waals surface area (Å²) in [6, 6.07) is 13.2. The van der Waals surface area contributed by atoms with E-state index < -0.39 is 0 Å². The van der Waals surface area contributed by atoms with Gasteiger partial charge < -0.3 is 14.9 Å².